The van der Waals surface area contributed by atoms with Crippen LogP contribution in [-0.4, -0.2) is 21.8 Å². The number of anilines is 1. The second-order valence-corrected chi connectivity index (χ2v) is 7.17. The van der Waals surface area contributed by atoms with Gasteiger partial charge in [0.1, 0.15) is 5.01 Å². The van der Waals surface area contributed by atoms with Gasteiger partial charge in [0.05, 0.1) is 17.9 Å². The third-order valence-corrected chi connectivity index (χ3v) is 5.27. The van der Waals surface area contributed by atoms with Crippen molar-refractivity contribution in [2.24, 2.45) is 0 Å². The third kappa shape index (κ3) is 4.03. The maximum absolute atomic E-state index is 12.5. The van der Waals surface area contributed by atoms with E-state index in [1.165, 1.54) is 11.3 Å². The Labute approximate surface area is 160 Å². The largest absolute Gasteiger partial charge is 0.346 e. The summed E-state index contributed by atoms with van der Waals surface area (Å²) >= 11 is 1.51. The van der Waals surface area contributed by atoms with E-state index in [2.05, 4.69) is 20.6 Å². The summed E-state index contributed by atoms with van der Waals surface area (Å²) in [7, 11) is 0. The molecule has 27 heavy (non-hydrogen) atoms. The molecule has 1 aromatic carbocycles. The van der Waals surface area contributed by atoms with Crippen molar-refractivity contribution in [2.75, 3.05) is 5.32 Å². The van der Waals surface area contributed by atoms with E-state index >= 15 is 0 Å². The molecule has 2 N–H and O–H groups in total. The number of aromatic nitrogens is 2. The Balaban J connectivity index is 1.42. The number of hydrogen-bond donors (Lipinski definition) is 2. The molecule has 2 aromatic heterocycles. The Morgan fingerprint density at radius 1 is 1.22 bits per heavy atom. The van der Waals surface area contributed by atoms with Gasteiger partial charge in [-0.1, -0.05) is 6.07 Å². The summed E-state index contributed by atoms with van der Waals surface area (Å²) in [5, 5.41) is 8.55. The average molecular weight is 378 g/mol. The van der Waals surface area contributed by atoms with Gasteiger partial charge in [-0.3, -0.25) is 14.6 Å². The number of carbonyl (C=O) groups excluding carboxylic acids is 2. The molecule has 0 bridgehead atoms. The minimum Gasteiger partial charge on any atom is -0.346 e. The lowest BCUT2D eigenvalue weighted by Gasteiger charge is -2.09. The number of aryl methyl sites for hydroxylation is 1. The van der Waals surface area contributed by atoms with Gasteiger partial charge in [-0.15, -0.1) is 11.3 Å². The normalized spacial score (nSPS) is 13.4. The van der Waals surface area contributed by atoms with Crippen LogP contribution in [-0.2, 0) is 17.8 Å². The van der Waals surface area contributed by atoms with Gasteiger partial charge < -0.3 is 10.6 Å². The van der Waals surface area contributed by atoms with Gasteiger partial charge in [0, 0.05) is 29.2 Å². The first-order valence-corrected chi connectivity index (χ1v) is 9.64. The molecule has 136 valence electrons. The molecule has 6 nitrogen and oxygen atoms in total. The molecule has 7 heteroatoms. The van der Waals surface area contributed by atoms with Crippen LogP contribution >= 0.6 is 11.3 Å². The van der Waals surface area contributed by atoms with Crippen LogP contribution in [0, 0.1) is 0 Å². The number of carbonyl (C=O) groups is 2. The highest BCUT2D eigenvalue weighted by molar-refractivity contribution is 7.13. The molecule has 0 saturated carbocycles. The first kappa shape index (κ1) is 17.4. The van der Waals surface area contributed by atoms with Gasteiger partial charge in [-0.25, -0.2) is 4.98 Å². The monoisotopic (exact) mass is 378 g/mol. The predicted octanol–water partition coefficient (Wildman–Crippen LogP) is 3.41. The van der Waals surface area contributed by atoms with Crippen LogP contribution in [0.2, 0.25) is 0 Å². The van der Waals surface area contributed by atoms with Gasteiger partial charge in [0.2, 0.25) is 5.91 Å². The number of nitrogens with zero attached hydrogens (tertiary/aromatic N) is 2. The number of pyridine rings is 1. The number of thiazole rings is 1. The Kier molecular flexibility index (Phi) is 4.93. The van der Waals surface area contributed by atoms with Crippen molar-refractivity contribution < 1.29 is 9.59 Å². The molecule has 0 fully saturated rings. The topological polar surface area (TPSA) is 84.0 Å². The molecule has 2 amide bonds. The molecular formula is C20H18N4O2S. The fraction of sp³-hybridized carbons (Fsp3) is 0.200. The minimum absolute atomic E-state index is 0.0261. The maximum atomic E-state index is 12.5. The second kappa shape index (κ2) is 7.67. The van der Waals surface area contributed by atoms with Crippen molar-refractivity contribution >= 4 is 28.8 Å². The average Bonchev–Trinajstić information content (AvgIpc) is 3.09. The number of nitrogens with one attached hydrogen (secondary N) is 2. The van der Waals surface area contributed by atoms with Crippen molar-refractivity contribution in [1.82, 2.24) is 15.3 Å². The van der Waals surface area contributed by atoms with Crippen molar-refractivity contribution in [3.8, 4) is 10.7 Å². The SMILES string of the molecule is O=C1CCCc2cc(C(=O)NCc3csc(-c4ccccn4)n3)ccc2N1. The summed E-state index contributed by atoms with van der Waals surface area (Å²) in [6.07, 6.45) is 3.82. The van der Waals surface area contributed by atoms with Crippen LogP contribution in [0.25, 0.3) is 10.7 Å². The molecule has 3 heterocycles. The molecule has 1 aliphatic rings. The fourth-order valence-corrected chi connectivity index (χ4v) is 3.78. The van der Waals surface area contributed by atoms with Crippen LogP contribution in [0.4, 0.5) is 5.69 Å². The zero-order valence-corrected chi connectivity index (χ0v) is 15.4. The molecule has 0 unspecified atom stereocenters. The summed E-state index contributed by atoms with van der Waals surface area (Å²) in [4.78, 5) is 32.9. The van der Waals surface area contributed by atoms with E-state index in [9.17, 15) is 9.59 Å². The van der Waals surface area contributed by atoms with Crippen LogP contribution < -0.4 is 10.6 Å². The molecule has 1 aliphatic heterocycles. The lowest BCUT2D eigenvalue weighted by Crippen LogP contribution is -2.23. The Morgan fingerprint density at radius 3 is 3.00 bits per heavy atom. The lowest BCUT2D eigenvalue weighted by molar-refractivity contribution is -0.116. The molecular weight excluding hydrogens is 360 g/mol. The van der Waals surface area contributed by atoms with Crippen LogP contribution in [0.5, 0.6) is 0 Å². The lowest BCUT2D eigenvalue weighted by atomic mass is 10.0. The second-order valence-electron chi connectivity index (χ2n) is 6.32. The first-order valence-electron chi connectivity index (χ1n) is 8.76. The van der Waals surface area contributed by atoms with Crippen LogP contribution in [0.3, 0.4) is 0 Å². The Bertz CT molecular complexity index is 985. The Morgan fingerprint density at radius 2 is 2.15 bits per heavy atom. The van der Waals surface area contributed by atoms with Gasteiger partial charge in [-0.05, 0) is 48.7 Å². The molecule has 3 aromatic rings. The summed E-state index contributed by atoms with van der Waals surface area (Å²) in [5.74, 6) is -0.126. The quantitative estimate of drug-likeness (QED) is 0.729. The summed E-state index contributed by atoms with van der Waals surface area (Å²) in [6.45, 7) is 0.357. The fourth-order valence-electron chi connectivity index (χ4n) is 2.98. The van der Waals surface area contributed by atoms with E-state index in [0.29, 0.717) is 18.5 Å². The predicted molar refractivity (Wildman–Crippen MR) is 105 cm³/mol. The number of hydrogen-bond acceptors (Lipinski definition) is 5. The molecule has 0 saturated heterocycles. The number of fused-ring (bicyclic) bond motifs is 1. The molecule has 0 radical (unpaired) electrons. The van der Waals surface area contributed by atoms with Crippen molar-refractivity contribution in [2.45, 2.75) is 25.8 Å². The highest BCUT2D eigenvalue weighted by Crippen LogP contribution is 2.24. The zero-order chi connectivity index (χ0) is 18.6. The van der Waals surface area contributed by atoms with Gasteiger partial charge in [0.25, 0.3) is 5.91 Å². The molecule has 0 atom stereocenters. The van der Waals surface area contributed by atoms with Gasteiger partial charge in [-0.2, -0.15) is 0 Å². The van der Waals surface area contributed by atoms with E-state index in [0.717, 1.165) is 40.5 Å². The highest BCUT2D eigenvalue weighted by Gasteiger charge is 2.15. The number of benzene rings is 1. The van der Waals surface area contributed by atoms with Crippen molar-refractivity contribution in [1.29, 1.82) is 0 Å². The van der Waals surface area contributed by atoms with E-state index in [1.807, 2.05) is 29.6 Å². The minimum atomic E-state index is -0.152. The van der Waals surface area contributed by atoms with Gasteiger partial charge >= 0.3 is 0 Å². The standard InChI is InChI=1S/C20H18N4O2S/c25-18-6-3-4-13-10-14(7-8-16(13)24-18)19(26)22-11-15-12-27-20(23-15)17-5-1-2-9-21-17/h1-2,5,7-10,12H,3-4,6,11H2,(H,22,26)(H,24,25). The van der Waals surface area contributed by atoms with Crippen LogP contribution in [0.1, 0.15) is 34.5 Å². The van der Waals surface area contributed by atoms with E-state index in [4.69, 9.17) is 0 Å². The van der Waals surface area contributed by atoms with E-state index < -0.39 is 0 Å². The van der Waals surface area contributed by atoms with Crippen molar-refractivity contribution in [3.05, 3.63) is 64.8 Å². The van der Waals surface area contributed by atoms with E-state index in [1.54, 1.807) is 18.3 Å². The van der Waals surface area contributed by atoms with Crippen LogP contribution in [0.15, 0.2) is 48.0 Å². The maximum Gasteiger partial charge on any atom is 0.251 e. The molecule has 4 rings (SSSR count). The summed E-state index contributed by atoms with van der Waals surface area (Å²) < 4.78 is 0. The first-order chi connectivity index (χ1) is 13.2. The highest BCUT2D eigenvalue weighted by atomic mass is 32.1. The summed E-state index contributed by atoms with van der Waals surface area (Å²) in [6, 6.07) is 11.1. The van der Waals surface area contributed by atoms with Gasteiger partial charge in [0.15, 0.2) is 0 Å². The Hall–Kier alpha value is -3.06. The molecule has 0 aliphatic carbocycles. The summed E-state index contributed by atoms with van der Waals surface area (Å²) in [5.41, 5.74) is 4.02. The smallest absolute Gasteiger partial charge is 0.251 e. The third-order valence-electron chi connectivity index (χ3n) is 4.36. The molecule has 0 spiro atoms. The zero-order valence-electron chi connectivity index (χ0n) is 14.6. The van der Waals surface area contributed by atoms with E-state index in [-0.39, 0.29) is 11.8 Å². The van der Waals surface area contributed by atoms with Crippen molar-refractivity contribution in [3.63, 3.8) is 0 Å². The number of rotatable bonds is 4. The number of amides is 2.